The molecule has 0 aromatic rings. The molecule has 0 aromatic heterocycles. The van der Waals surface area contributed by atoms with E-state index in [9.17, 15) is 0 Å². The largest absolute Gasteiger partial charge is 0.358 e. The second kappa shape index (κ2) is 15.4. The molecular weight excluding hydrogens is 474 g/mol. The van der Waals surface area contributed by atoms with E-state index >= 15 is 0 Å². The Balaban J connectivity index is -0.00000128. The Kier molecular flexibility index (Phi) is 19.0. The van der Waals surface area contributed by atoms with Gasteiger partial charge in [0.2, 0.25) is 11.9 Å². The van der Waals surface area contributed by atoms with Crippen LogP contribution in [0.3, 0.4) is 0 Å². The second-order valence-electron chi connectivity index (χ2n) is 2.88. The smallest absolute Gasteiger partial charge is 0.211 e. The van der Waals surface area contributed by atoms with Crippen LogP contribution in [0.15, 0.2) is 20.2 Å². The normalized spacial score (nSPS) is 12.4. The van der Waals surface area contributed by atoms with E-state index in [1.165, 1.54) is 0 Å². The molecule has 0 spiro atoms. The third-order valence-corrected chi connectivity index (χ3v) is 1.68. The van der Waals surface area contributed by atoms with Gasteiger partial charge in [0.25, 0.3) is 0 Å². The Morgan fingerprint density at radius 3 is 1.79 bits per heavy atom. The molecule has 0 aliphatic heterocycles. The summed E-state index contributed by atoms with van der Waals surface area (Å²) in [7, 11) is 6.83. The van der Waals surface area contributed by atoms with E-state index in [-0.39, 0.29) is 48.0 Å². The number of hydrogen-bond acceptors (Lipinski definition) is 4. The van der Waals surface area contributed by atoms with Crippen LogP contribution in [0.4, 0.5) is 0 Å². The van der Waals surface area contributed by atoms with Crippen LogP contribution in [0.1, 0.15) is 6.92 Å². The van der Waals surface area contributed by atoms with Crippen LogP contribution >= 0.6 is 48.0 Å². The van der Waals surface area contributed by atoms with Gasteiger partial charge in [-0.05, 0) is 6.92 Å². The lowest BCUT2D eigenvalue weighted by molar-refractivity contribution is 0.934. The molecule has 0 fully saturated rings. The van der Waals surface area contributed by atoms with E-state index < -0.39 is 0 Å². The van der Waals surface area contributed by atoms with Crippen LogP contribution in [-0.4, -0.2) is 52.0 Å². The van der Waals surface area contributed by atoms with Crippen molar-refractivity contribution in [2.75, 3.05) is 28.2 Å². The molecule has 10 heteroatoms. The number of aliphatic imine (C=N–C) groups is 2. The fourth-order valence-electron chi connectivity index (χ4n) is 0.792. The maximum Gasteiger partial charge on any atom is 0.211 e. The van der Waals surface area contributed by atoms with Crippen LogP contribution in [0.2, 0.25) is 0 Å². The van der Waals surface area contributed by atoms with Crippen molar-refractivity contribution >= 4 is 71.8 Å². The van der Waals surface area contributed by atoms with E-state index in [4.69, 9.17) is 0 Å². The molecule has 0 atom stereocenters. The first-order valence-electron chi connectivity index (χ1n) is 5.06. The number of guanidine groups is 2. The van der Waals surface area contributed by atoms with Gasteiger partial charge in [-0.2, -0.15) is 10.2 Å². The second-order valence-corrected chi connectivity index (χ2v) is 2.88. The Bertz CT molecular complexity index is 337. The molecule has 19 heavy (non-hydrogen) atoms. The van der Waals surface area contributed by atoms with Gasteiger partial charge in [0.05, 0.1) is 11.9 Å². The lowest BCUT2D eigenvalue weighted by Gasteiger charge is -2.03. The van der Waals surface area contributed by atoms with Crippen molar-refractivity contribution in [3.05, 3.63) is 0 Å². The highest BCUT2D eigenvalue weighted by molar-refractivity contribution is 14.0. The van der Waals surface area contributed by atoms with E-state index in [0.29, 0.717) is 17.6 Å². The summed E-state index contributed by atoms with van der Waals surface area (Å²) in [5.74, 6) is 1.16. The van der Waals surface area contributed by atoms with Gasteiger partial charge >= 0.3 is 0 Å². The molecule has 112 valence electrons. The van der Waals surface area contributed by atoms with Crippen molar-refractivity contribution in [1.82, 2.24) is 21.5 Å². The molecular formula is C9H22I2N8. The highest BCUT2D eigenvalue weighted by atomic mass is 127. The minimum absolute atomic E-state index is 0. The number of halogens is 2. The third-order valence-electron chi connectivity index (χ3n) is 1.68. The summed E-state index contributed by atoms with van der Waals surface area (Å²) in [6, 6.07) is 0. The van der Waals surface area contributed by atoms with Gasteiger partial charge in [-0.1, -0.05) is 0 Å². The van der Waals surface area contributed by atoms with Crippen molar-refractivity contribution in [2.45, 2.75) is 6.92 Å². The molecule has 0 rings (SSSR count). The molecule has 0 aliphatic rings. The molecule has 0 unspecified atom stereocenters. The number of nitrogens with zero attached hydrogens (tertiary/aromatic N) is 4. The number of nitrogens with one attached hydrogen (secondary N) is 4. The van der Waals surface area contributed by atoms with Crippen LogP contribution in [-0.2, 0) is 0 Å². The fourth-order valence-corrected chi connectivity index (χ4v) is 0.792. The Labute approximate surface area is 148 Å². The zero-order valence-corrected chi connectivity index (χ0v) is 16.3. The molecule has 4 N–H and O–H groups in total. The Hall–Kier alpha value is -0.660. The van der Waals surface area contributed by atoms with Gasteiger partial charge < -0.3 is 10.6 Å². The van der Waals surface area contributed by atoms with E-state index in [2.05, 4.69) is 41.7 Å². The minimum atomic E-state index is 0. The van der Waals surface area contributed by atoms with Crippen LogP contribution < -0.4 is 21.5 Å². The topological polar surface area (TPSA) is 97.6 Å². The molecule has 0 aliphatic carbocycles. The predicted octanol–water partition coefficient (Wildman–Crippen LogP) is 0.174. The standard InChI is InChI=1S/C9H20N8.2HI/c1-7(15-17-9(12-4)13-5)6-14-16-8(10-2)11-3;;/h6H,1-5H3,(H2,10,11,16)(H2,12,13,17);2*1H. The zero-order chi connectivity index (χ0) is 13.1. The first kappa shape index (κ1) is 23.4. The van der Waals surface area contributed by atoms with Crippen molar-refractivity contribution < 1.29 is 0 Å². The van der Waals surface area contributed by atoms with Crippen molar-refractivity contribution in [3.63, 3.8) is 0 Å². The van der Waals surface area contributed by atoms with E-state index in [1.54, 1.807) is 34.4 Å². The SMILES string of the molecule is CN=C(NC)NN=CC(C)=NNC(=NC)NC.I.I. The molecule has 0 heterocycles. The van der Waals surface area contributed by atoms with Gasteiger partial charge in [0.15, 0.2) is 0 Å². The highest BCUT2D eigenvalue weighted by Gasteiger charge is 1.91. The summed E-state index contributed by atoms with van der Waals surface area (Å²) >= 11 is 0. The van der Waals surface area contributed by atoms with Crippen molar-refractivity contribution in [1.29, 1.82) is 0 Å². The number of rotatable bonds is 3. The Morgan fingerprint density at radius 1 is 0.895 bits per heavy atom. The first-order valence-corrected chi connectivity index (χ1v) is 5.06. The Morgan fingerprint density at radius 2 is 1.37 bits per heavy atom. The van der Waals surface area contributed by atoms with Crippen LogP contribution in [0, 0.1) is 0 Å². The maximum absolute atomic E-state index is 4.04. The predicted molar refractivity (Wildman–Crippen MR) is 104 cm³/mol. The summed E-state index contributed by atoms with van der Waals surface area (Å²) < 4.78 is 0. The molecule has 0 radical (unpaired) electrons. The van der Waals surface area contributed by atoms with Crippen LogP contribution in [0.5, 0.6) is 0 Å². The monoisotopic (exact) mass is 496 g/mol. The van der Waals surface area contributed by atoms with Crippen molar-refractivity contribution in [3.8, 4) is 0 Å². The van der Waals surface area contributed by atoms with Gasteiger partial charge in [-0.3, -0.25) is 9.98 Å². The highest BCUT2D eigenvalue weighted by Crippen LogP contribution is 1.72. The van der Waals surface area contributed by atoms with Gasteiger partial charge in [0.1, 0.15) is 0 Å². The third kappa shape index (κ3) is 12.1. The molecule has 0 saturated carbocycles. The summed E-state index contributed by atoms with van der Waals surface area (Å²) in [6.45, 7) is 1.81. The summed E-state index contributed by atoms with van der Waals surface area (Å²) in [5.41, 5.74) is 6.16. The maximum atomic E-state index is 4.04. The molecule has 8 nitrogen and oxygen atoms in total. The van der Waals surface area contributed by atoms with Gasteiger partial charge in [-0.15, -0.1) is 48.0 Å². The molecule has 0 aromatic carbocycles. The van der Waals surface area contributed by atoms with E-state index in [0.717, 1.165) is 0 Å². The summed E-state index contributed by atoms with van der Waals surface area (Å²) in [5, 5.41) is 13.7. The summed E-state index contributed by atoms with van der Waals surface area (Å²) in [4.78, 5) is 7.81. The number of hydrogen-bond donors (Lipinski definition) is 4. The lowest BCUT2D eigenvalue weighted by atomic mass is 10.5. The lowest BCUT2D eigenvalue weighted by Crippen LogP contribution is -2.32. The first-order chi connectivity index (χ1) is 8.17. The number of hydrazone groups is 2. The van der Waals surface area contributed by atoms with Crippen LogP contribution in [0.25, 0.3) is 0 Å². The quantitative estimate of drug-likeness (QED) is 0.194. The van der Waals surface area contributed by atoms with Gasteiger partial charge in [-0.25, -0.2) is 10.9 Å². The molecule has 0 amide bonds. The molecule has 0 saturated heterocycles. The van der Waals surface area contributed by atoms with Gasteiger partial charge in [0, 0.05) is 28.2 Å². The fraction of sp³-hybridized carbons (Fsp3) is 0.556. The molecule has 0 bridgehead atoms. The minimum Gasteiger partial charge on any atom is -0.358 e. The average Bonchev–Trinajstić information content (AvgIpc) is 2.36. The van der Waals surface area contributed by atoms with E-state index in [1.807, 2.05) is 6.92 Å². The average molecular weight is 496 g/mol. The van der Waals surface area contributed by atoms with Crippen molar-refractivity contribution in [2.24, 2.45) is 20.2 Å². The summed E-state index contributed by atoms with van der Waals surface area (Å²) in [6.07, 6.45) is 1.57. The zero-order valence-electron chi connectivity index (χ0n) is 11.7.